The molecule has 2 atom stereocenters. The summed E-state index contributed by atoms with van der Waals surface area (Å²) in [6, 6.07) is 16.9. The molecule has 0 bridgehead atoms. The summed E-state index contributed by atoms with van der Waals surface area (Å²) in [5.74, 6) is 1.87. The van der Waals surface area contributed by atoms with Crippen molar-refractivity contribution in [3.63, 3.8) is 0 Å². The van der Waals surface area contributed by atoms with Crippen molar-refractivity contribution in [2.75, 3.05) is 13.7 Å². The largest absolute Gasteiger partial charge is 0.485 e. The molecule has 0 saturated heterocycles. The number of amides is 1. The topological polar surface area (TPSA) is 51.9 Å². The lowest BCUT2D eigenvalue weighted by atomic mass is 10.1. The van der Waals surface area contributed by atoms with Gasteiger partial charge in [-0.1, -0.05) is 30.3 Å². The summed E-state index contributed by atoms with van der Waals surface area (Å²) in [7, 11) is 1.75. The van der Waals surface area contributed by atoms with Gasteiger partial charge in [0.1, 0.15) is 18.0 Å². The van der Waals surface area contributed by atoms with Gasteiger partial charge in [-0.2, -0.15) is 0 Å². The zero-order valence-electron chi connectivity index (χ0n) is 14.1. The molecule has 25 heavy (non-hydrogen) atoms. The van der Waals surface area contributed by atoms with Gasteiger partial charge in [0.05, 0.1) is 6.04 Å². The lowest BCUT2D eigenvalue weighted by Gasteiger charge is -2.31. The number of furan rings is 1. The van der Waals surface area contributed by atoms with E-state index in [4.69, 9.17) is 13.9 Å². The Morgan fingerprint density at radius 2 is 1.84 bits per heavy atom. The predicted molar refractivity (Wildman–Crippen MR) is 93.8 cm³/mol. The van der Waals surface area contributed by atoms with E-state index in [1.54, 1.807) is 18.0 Å². The van der Waals surface area contributed by atoms with Gasteiger partial charge in [0, 0.05) is 12.4 Å². The Morgan fingerprint density at radius 3 is 2.64 bits per heavy atom. The van der Waals surface area contributed by atoms with Gasteiger partial charge in [0.25, 0.3) is 5.91 Å². The molecule has 0 fully saturated rings. The van der Waals surface area contributed by atoms with Crippen LogP contribution in [-0.2, 0) is 4.79 Å². The van der Waals surface area contributed by atoms with Crippen molar-refractivity contribution >= 4 is 16.9 Å². The minimum atomic E-state index is -0.660. The van der Waals surface area contributed by atoms with Crippen molar-refractivity contribution < 1.29 is 18.7 Å². The van der Waals surface area contributed by atoms with Crippen LogP contribution in [0.25, 0.3) is 11.0 Å². The zero-order chi connectivity index (χ0) is 17.4. The van der Waals surface area contributed by atoms with E-state index in [0.29, 0.717) is 11.5 Å². The molecular formula is C20H19NO4. The van der Waals surface area contributed by atoms with Crippen molar-refractivity contribution in [3.05, 3.63) is 60.4 Å². The Balaban J connectivity index is 1.52. The second kappa shape index (κ2) is 6.16. The van der Waals surface area contributed by atoms with Crippen LogP contribution in [-0.4, -0.2) is 30.6 Å². The monoisotopic (exact) mass is 337 g/mol. The van der Waals surface area contributed by atoms with Crippen LogP contribution in [0.5, 0.6) is 11.5 Å². The average Bonchev–Trinajstić information content (AvgIpc) is 3.10. The maximum Gasteiger partial charge on any atom is 0.267 e. The van der Waals surface area contributed by atoms with E-state index in [1.807, 2.05) is 55.5 Å². The molecule has 1 amide bonds. The molecule has 5 heteroatoms. The second-order valence-electron chi connectivity index (χ2n) is 6.18. The van der Waals surface area contributed by atoms with Gasteiger partial charge in [-0.05, 0) is 31.2 Å². The summed E-state index contributed by atoms with van der Waals surface area (Å²) < 4.78 is 17.3. The van der Waals surface area contributed by atoms with Gasteiger partial charge in [-0.15, -0.1) is 0 Å². The maximum atomic E-state index is 12.8. The summed E-state index contributed by atoms with van der Waals surface area (Å²) in [6.07, 6.45) is -0.660. The number of benzene rings is 2. The molecule has 2 aromatic carbocycles. The number of para-hydroxylation sites is 3. The van der Waals surface area contributed by atoms with Gasteiger partial charge in [0.2, 0.25) is 6.10 Å². The average molecular weight is 337 g/mol. The fraction of sp³-hybridized carbons (Fsp3) is 0.250. The lowest BCUT2D eigenvalue weighted by molar-refractivity contribution is -0.142. The zero-order valence-corrected chi connectivity index (χ0v) is 14.1. The Kier molecular flexibility index (Phi) is 3.84. The van der Waals surface area contributed by atoms with E-state index in [9.17, 15) is 4.79 Å². The first-order chi connectivity index (χ1) is 12.1. The summed E-state index contributed by atoms with van der Waals surface area (Å²) >= 11 is 0. The van der Waals surface area contributed by atoms with E-state index < -0.39 is 6.10 Å². The third kappa shape index (κ3) is 2.82. The fourth-order valence-electron chi connectivity index (χ4n) is 2.96. The molecule has 128 valence electrons. The van der Waals surface area contributed by atoms with Crippen LogP contribution in [0.4, 0.5) is 0 Å². The molecule has 0 aliphatic carbocycles. The molecular weight excluding hydrogens is 318 g/mol. The minimum absolute atomic E-state index is 0.137. The number of hydrogen-bond acceptors (Lipinski definition) is 4. The van der Waals surface area contributed by atoms with Crippen LogP contribution in [0, 0.1) is 0 Å². The van der Waals surface area contributed by atoms with Gasteiger partial charge < -0.3 is 18.8 Å². The van der Waals surface area contributed by atoms with Crippen molar-refractivity contribution in [1.82, 2.24) is 4.90 Å². The number of nitrogens with zero attached hydrogens (tertiary/aromatic N) is 1. The van der Waals surface area contributed by atoms with Crippen molar-refractivity contribution in [2.45, 2.75) is 19.1 Å². The van der Waals surface area contributed by atoms with Crippen LogP contribution in [0.15, 0.2) is 59.0 Å². The van der Waals surface area contributed by atoms with Gasteiger partial charge >= 0.3 is 0 Å². The number of carbonyl (C=O) groups is 1. The van der Waals surface area contributed by atoms with E-state index >= 15 is 0 Å². The summed E-state index contributed by atoms with van der Waals surface area (Å²) in [5.41, 5.74) is 0.816. The summed E-state index contributed by atoms with van der Waals surface area (Å²) in [4.78, 5) is 14.5. The molecule has 5 nitrogen and oxygen atoms in total. The molecule has 2 heterocycles. The Labute approximate surface area is 145 Å². The highest BCUT2D eigenvalue weighted by molar-refractivity contribution is 5.82. The minimum Gasteiger partial charge on any atom is -0.485 e. The van der Waals surface area contributed by atoms with Gasteiger partial charge in [0.15, 0.2) is 11.5 Å². The van der Waals surface area contributed by atoms with Crippen LogP contribution in [0.3, 0.4) is 0 Å². The fourth-order valence-corrected chi connectivity index (χ4v) is 2.96. The van der Waals surface area contributed by atoms with E-state index in [2.05, 4.69) is 0 Å². The van der Waals surface area contributed by atoms with Crippen molar-refractivity contribution in [1.29, 1.82) is 0 Å². The Hall–Kier alpha value is -2.95. The number of ether oxygens (including phenoxy) is 2. The molecule has 1 aliphatic rings. The van der Waals surface area contributed by atoms with Crippen molar-refractivity contribution in [2.24, 2.45) is 0 Å². The van der Waals surface area contributed by atoms with Crippen LogP contribution < -0.4 is 9.47 Å². The highest BCUT2D eigenvalue weighted by Gasteiger charge is 2.32. The number of likely N-dealkylation sites (N-methyl/N-ethyl adjacent to an activating group) is 1. The molecule has 0 N–H and O–H groups in total. The molecule has 0 unspecified atom stereocenters. The Bertz CT molecular complexity index is 884. The number of hydrogen-bond donors (Lipinski definition) is 0. The van der Waals surface area contributed by atoms with Crippen LogP contribution >= 0.6 is 0 Å². The van der Waals surface area contributed by atoms with E-state index in [-0.39, 0.29) is 18.6 Å². The quantitative estimate of drug-likeness (QED) is 0.730. The molecule has 3 aromatic rings. The first-order valence-electron chi connectivity index (χ1n) is 8.27. The SMILES string of the molecule is C[C@H](c1cc2ccccc2o1)N(C)C(=O)[C@@H]1COc2ccccc2O1. The first kappa shape index (κ1) is 15.6. The summed E-state index contributed by atoms with van der Waals surface area (Å²) in [6.45, 7) is 2.14. The molecule has 0 radical (unpaired) electrons. The third-order valence-electron chi connectivity index (χ3n) is 4.57. The van der Waals surface area contributed by atoms with Crippen LogP contribution in [0.1, 0.15) is 18.7 Å². The van der Waals surface area contributed by atoms with Gasteiger partial charge in [-0.25, -0.2) is 0 Å². The maximum absolute atomic E-state index is 12.8. The van der Waals surface area contributed by atoms with Crippen LogP contribution in [0.2, 0.25) is 0 Å². The van der Waals surface area contributed by atoms with E-state index in [0.717, 1.165) is 16.7 Å². The van der Waals surface area contributed by atoms with Gasteiger partial charge in [-0.3, -0.25) is 4.79 Å². The van der Waals surface area contributed by atoms with Crippen molar-refractivity contribution in [3.8, 4) is 11.5 Å². The number of fused-ring (bicyclic) bond motifs is 2. The first-order valence-corrected chi connectivity index (χ1v) is 8.27. The number of rotatable bonds is 3. The second-order valence-corrected chi connectivity index (χ2v) is 6.18. The lowest BCUT2D eigenvalue weighted by Crippen LogP contribution is -2.45. The molecule has 1 aromatic heterocycles. The molecule has 1 aliphatic heterocycles. The molecule has 0 spiro atoms. The predicted octanol–water partition coefficient (Wildman–Crippen LogP) is 3.79. The summed E-state index contributed by atoms with van der Waals surface area (Å²) in [5, 5.41) is 1.02. The van der Waals surface area contributed by atoms with E-state index in [1.165, 1.54) is 0 Å². The highest BCUT2D eigenvalue weighted by Crippen LogP contribution is 2.32. The smallest absolute Gasteiger partial charge is 0.267 e. The third-order valence-corrected chi connectivity index (χ3v) is 4.57. The molecule has 0 saturated carbocycles. The standard InChI is InChI=1S/C20H19NO4/c1-13(18-11-14-7-3-4-8-15(14)24-18)21(2)20(22)19-12-23-16-9-5-6-10-17(16)25-19/h3-11,13,19H,12H2,1-2H3/t13-,19+/m1/s1. The number of carbonyl (C=O) groups excluding carboxylic acids is 1. The Morgan fingerprint density at radius 1 is 1.12 bits per heavy atom. The normalized spacial score (nSPS) is 17.3. The molecule has 4 rings (SSSR count). The highest BCUT2D eigenvalue weighted by atomic mass is 16.6.